The molecular formula is C14H19NO4. The Kier molecular flexibility index (Phi) is 6.02. The van der Waals surface area contributed by atoms with Crippen molar-refractivity contribution in [3.05, 3.63) is 35.4 Å². The summed E-state index contributed by atoms with van der Waals surface area (Å²) in [5.41, 5.74) is 2.25. The van der Waals surface area contributed by atoms with Crippen LogP contribution in [-0.2, 0) is 16.0 Å². The van der Waals surface area contributed by atoms with Gasteiger partial charge in [-0.25, -0.2) is 4.79 Å². The van der Waals surface area contributed by atoms with Gasteiger partial charge in [-0.1, -0.05) is 29.8 Å². The number of aliphatic hydroxyl groups is 1. The molecule has 0 aliphatic carbocycles. The molecule has 0 aromatic heterocycles. The van der Waals surface area contributed by atoms with Crippen molar-refractivity contribution in [1.82, 2.24) is 5.32 Å². The lowest BCUT2D eigenvalue weighted by molar-refractivity contribution is -0.147. The van der Waals surface area contributed by atoms with E-state index in [1.54, 1.807) is 0 Å². The van der Waals surface area contributed by atoms with Gasteiger partial charge in [-0.15, -0.1) is 0 Å². The van der Waals surface area contributed by atoms with Crippen molar-refractivity contribution in [2.45, 2.75) is 32.3 Å². The van der Waals surface area contributed by atoms with Crippen LogP contribution in [0.5, 0.6) is 0 Å². The lowest BCUT2D eigenvalue weighted by Crippen LogP contribution is -2.30. The maximum absolute atomic E-state index is 11.5. The number of amides is 1. The molecule has 19 heavy (non-hydrogen) atoms. The van der Waals surface area contributed by atoms with E-state index < -0.39 is 12.1 Å². The van der Waals surface area contributed by atoms with Crippen LogP contribution in [0.4, 0.5) is 0 Å². The molecule has 5 heteroatoms. The Bertz CT molecular complexity index is 445. The van der Waals surface area contributed by atoms with Gasteiger partial charge < -0.3 is 15.5 Å². The number of aliphatic carboxylic acids is 1. The van der Waals surface area contributed by atoms with Gasteiger partial charge >= 0.3 is 5.97 Å². The van der Waals surface area contributed by atoms with E-state index in [1.165, 1.54) is 0 Å². The standard InChI is InChI=1S/C14H19NO4/c1-10-3-2-4-11(9-10)5-6-13(17)15-8-7-12(16)14(18)19/h2-4,9,12,16H,5-8H2,1H3,(H,15,17)(H,18,19). The van der Waals surface area contributed by atoms with Gasteiger partial charge in [0.1, 0.15) is 0 Å². The van der Waals surface area contributed by atoms with Gasteiger partial charge in [0.05, 0.1) is 0 Å². The minimum Gasteiger partial charge on any atom is -0.479 e. The lowest BCUT2D eigenvalue weighted by atomic mass is 10.1. The summed E-state index contributed by atoms with van der Waals surface area (Å²) in [7, 11) is 0. The van der Waals surface area contributed by atoms with Gasteiger partial charge in [0.2, 0.25) is 5.91 Å². The van der Waals surface area contributed by atoms with Crippen molar-refractivity contribution < 1.29 is 19.8 Å². The summed E-state index contributed by atoms with van der Waals surface area (Å²) in [4.78, 5) is 21.9. The maximum Gasteiger partial charge on any atom is 0.332 e. The molecule has 0 saturated carbocycles. The fraction of sp³-hybridized carbons (Fsp3) is 0.429. The van der Waals surface area contributed by atoms with Crippen LogP contribution >= 0.6 is 0 Å². The first-order valence-corrected chi connectivity index (χ1v) is 6.22. The summed E-state index contributed by atoms with van der Waals surface area (Å²) < 4.78 is 0. The molecule has 0 bridgehead atoms. The van der Waals surface area contributed by atoms with E-state index in [0.29, 0.717) is 12.8 Å². The Morgan fingerprint density at radius 1 is 1.37 bits per heavy atom. The zero-order chi connectivity index (χ0) is 14.3. The topological polar surface area (TPSA) is 86.6 Å². The van der Waals surface area contributed by atoms with Crippen molar-refractivity contribution in [3.63, 3.8) is 0 Å². The highest BCUT2D eigenvalue weighted by Gasteiger charge is 2.12. The highest BCUT2D eigenvalue weighted by Crippen LogP contribution is 2.06. The quantitative estimate of drug-likeness (QED) is 0.683. The molecule has 0 aliphatic rings. The Labute approximate surface area is 112 Å². The minimum atomic E-state index is -1.42. The second-order valence-electron chi connectivity index (χ2n) is 4.48. The van der Waals surface area contributed by atoms with E-state index in [0.717, 1.165) is 11.1 Å². The number of hydrogen-bond acceptors (Lipinski definition) is 3. The number of aryl methyl sites for hydroxylation is 2. The van der Waals surface area contributed by atoms with Crippen molar-refractivity contribution >= 4 is 11.9 Å². The number of hydrogen-bond donors (Lipinski definition) is 3. The Morgan fingerprint density at radius 2 is 2.11 bits per heavy atom. The highest BCUT2D eigenvalue weighted by molar-refractivity contribution is 5.76. The van der Waals surface area contributed by atoms with Crippen molar-refractivity contribution in [1.29, 1.82) is 0 Å². The number of benzene rings is 1. The number of carbonyl (C=O) groups excluding carboxylic acids is 1. The zero-order valence-electron chi connectivity index (χ0n) is 10.9. The lowest BCUT2D eigenvalue weighted by Gasteiger charge is -2.07. The number of nitrogens with one attached hydrogen (secondary N) is 1. The molecule has 3 N–H and O–H groups in total. The molecule has 1 aromatic carbocycles. The molecule has 1 atom stereocenters. The van der Waals surface area contributed by atoms with E-state index in [9.17, 15) is 9.59 Å². The molecule has 0 heterocycles. The minimum absolute atomic E-state index is 0.0194. The van der Waals surface area contributed by atoms with Crippen molar-refractivity contribution in [2.75, 3.05) is 6.54 Å². The SMILES string of the molecule is Cc1cccc(CCC(=O)NCCC(O)C(=O)O)c1. The zero-order valence-corrected chi connectivity index (χ0v) is 10.9. The first kappa shape index (κ1) is 15.2. The molecule has 104 valence electrons. The monoisotopic (exact) mass is 265 g/mol. The van der Waals surface area contributed by atoms with Gasteiger partial charge in [0.25, 0.3) is 0 Å². The molecule has 0 aliphatic heterocycles. The van der Waals surface area contributed by atoms with Crippen molar-refractivity contribution in [3.8, 4) is 0 Å². The number of carbonyl (C=O) groups is 2. The van der Waals surface area contributed by atoms with Crippen LogP contribution < -0.4 is 5.32 Å². The van der Waals surface area contributed by atoms with Crippen LogP contribution in [0, 0.1) is 6.92 Å². The molecule has 1 amide bonds. The van der Waals surface area contributed by atoms with Gasteiger partial charge in [-0.05, 0) is 18.9 Å². The first-order chi connectivity index (χ1) is 8.99. The molecule has 1 aromatic rings. The van der Waals surface area contributed by atoms with Crippen LogP contribution in [-0.4, -0.2) is 34.7 Å². The smallest absolute Gasteiger partial charge is 0.332 e. The predicted octanol–water partition coefficient (Wildman–Crippen LogP) is 0.879. The van der Waals surface area contributed by atoms with E-state index in [2.05, 4.69) is 5.32 Å². The number of carboxylic acids is 1. The summed E-state index contributed by atoms with van der Waals surface area (Å²) in [5, 5.41) is 20.1. The number of rotatable bonds is 7. The van der Waals surface area contributed by atoms with E-state index in [1.807, 2.05) is 31.2 Å². The number of carboxylic acid groups (broad SMARTS) is 1. The molecule has 0 spiro atoms. The summed E-state index contributed by atoms with van der Waals surface area (Å²) in [5.74, 6) is -1.41. The van der Waals surface area contributed by atoms with Crippen LogP contribution in [0.25, 0.3) is 0 Å². The molecule has 0 saturated heterocycles. The van der Waals surface area contributed by atoms with Crippen LogP contribution in [0.3, 0.4) is 0 Å². The van der Waals surface area contributed by atoms with Gasteiger partial charge in [-0.3, -0.25) is 4.79 Å². The van der Waals surface area contributed by atoms with Crippen LogP contribution in [0.1, 0.15) is 24.0 Å². The summed E-state index contributed by atoms with van der Waals surface area (Å²) in [6.45, 7) is 2.16. The Hall–Kier alpha value is -1.88. The van der Waals surface area contributed by atoms with Gasteiger partial charge in [-0.2, -0.15) is 0 Å². The largest absolute Gasteiger partial charge is 0.479 e. The third kappa shape index (κ3) is 6.01. The second kappa shape index (κ2) is 7.53. The Balaban J connectivity index is 2.23. The molecule has 5 nitrogen and oxygen atoms in total. The first-order valence-electron chi connectivity index (χ1n) is 6.22. The van der Waals surface area contributed by atoms with E-state index in [-0.39, 0.29) is 18.9 Å². The van der Waals surface area contributed by atoms with Crippen molar-refractivity contribution in [2.24, 2.45) is 0 Å². The molecule has 1 rings (SSSR count). The van der Waals surface area contributed by atoms with E-state index >= 15 is 0 Å². The predicted molar refractivity (Wildman–Crippen MR) is 70.8 cm³/mol. The number of aliphatic hydroxyl groups excluding tert-OH is 1. The van der Waals surface area contributed by atoms with Crippen LogP contribution in [0.15, 0.2) is 24.3 Å². The average Bonchev–Trinajstić information content (AvgIpc) is 2.36. The fourth-order valence-corrected chi connectivity index (χ4v) is 1.69. The van der Waals surface area contributed by atoms with E-state index in [4.69, 9.17) is 10.2 Å². The second-order valence-corrected chi connectivity index (χ2v) is 4.48. The normalized spacial score (nSPS) is 11.9. The Morgan fingerprint density at radius 3 is 2.74 bits per heavy atom. The summed E-state index contributed by atoms with van der Waals surface area (Å²) >= 11 is 0. The maximum atomic E-state index is 11.5. The molecule has 1 unspecified atom stereocenters. The van der Waals surface area contributed by atoms with Gasteiger partial charge in [0, 0.05) is 19.4 Å². The summed E-state index contributed by atoms with van der Waals surface area (Å²) in [6.07, 6.45) is -0.398. The molecular weight excluding hydrogens is 246 g/mol. The fourth-order valence-electron chi connectivity index (χ4n) is 1.69. The molecule has 0 radical (unpaired) electrons. The van der Waals surface area contributed by atoms with Gasteiger partial charge in [0.15, 0.2) is 6.10 Å². The third-order valence-corrected chi connectivity index (χ3v) is 2.75. The third-order valence-electron chi connectivity index (χ3n) is 2.75. The molecule has 0 fully saturated rings. The average molecular weight is 265 g/mol. The van der Waals surface area contributed by atoms with Crippen LogP contribution in [0.2, 0.25) is 0 Å². The highest BCUT2D eigenvalue weighted by atomic mass is 16.4. The summed E-state index contributed by atoms with van der Waals surface area (Å²) in [6, 6.07) is 7.94.